The molecule has 0 bridgehead atoms. The van der Waals surface area contributed by atoms with Gasteiger partial charge in [-0.3, -0.25) is 0 Å². The zero-order chi connectivity index (χ0) is 14.1. The van der Waals surface area contributed by atoms with E-state index in [1.807, 2.05) is 10.6 Å². The van der Waals surface area contributed by atoms with Gasteiger partial charge in [0.15, 0.2) is 5.65 Å². The second-order valence-electron chi connectivity index (χ2n) is 5.89. The molecular formula is C15H23N5. The SMILES string of the molecule is CCC(C)c1cc(N[C@@H]2CC[C@@H](N)C2)n2nccc2n1. The van der Waals surface area contributed by atoms with Crippen molar-refractivity contribution < 1.29 is 0 Å². The summed E-state index contributed by atoms with van der Waals surface area (Å²) in [5.74, 6) is 1.50. The lowest BCUT2D eigenvalue weighted by atomic mass is 10.0. The van der Waals surface area contributed by atoms with E-state index >= 15 is 0 Å². The maximum atomic E-state index is 6.00. The summed E-state index contributed by atoms with van der Waals surface area (Å²) in [7, 11) is 0. The lowest BCUT2D eigenvalue weighted by Gasteiger charge is -2.17. The van der Waals surface area contributed by atoms with Crippen molar-refractivity contribution in [3.05, 3.63) is 24.0 Å². The molecule has 3 rings (SSSR count). The largest absolute Gasteiger partial charge is 0.367 e. The number of aromatic nitrogens is 3. The monoisotopic (exact) mass is 273 g/mol. The topological polar surface area (TPSA) is 68.2 Å². The summed E-state index contributed by atoms with van der Waals surface area (Å²) in [6, 6.07) is 4.87. The third-order valence-electron chi connectivity index (χ3n) is 4.32. The molecule has 3 N–H and O–H groups in total. The Balaban J connectivity index is 1.93. The van der Waals surface area contributed by atoms with E-state index in [9.17, 15) is 0 Å². The third kappa shape index (κ3) is 2.50. The van der Waals surface area contributed by atoms with Crippen LogP contribution in [0.2, 0.25) is 0 Å². The highest BCUT2D eigenvalue weighted by atomic mass is 15.3. The molecule has 0 saturated heterocycles. The lowest BCUT2D eigenvalue weighted by Crippen LogP contribution is -2.22. The fraction of sp³-hybridized carbons (Fsp3) is 0.600. The first-order valence-corrected chi connectivity index (χ1v) is 7.54. The second kappa shape index (κ2) is 5.40. The van der Waals surface area contributed by atoms with Gasteiger partial charge in [-0.15, -0.1) is 0 Å². The molecule has 2 aromatic heterocycles. The third-order valence-corrected chi connectivity index (χ3v) is 4.32. The van der Waals surface area contributed by atoms with Crippen LogP contribution in [0.4, 0.5) is 5.82 Å². The Morgan fingerprint density at radius 1 is 1.50 bits per heavy atom. The van der Waals surface area contributed by atoms with Gasteiger partial charge < -0.3 is 11.1 Å². The van der Waals surface area contributed by atoms with E-state index in [0.717, 1.165) is 42.8 Å². The van der Waals surface area contributed by atoms with Gasteiger partial charge in [-0.1, -0.05) is 13.8 Å². The fourth-order valence-electron chi connectivity index (χ4n) is 2.85. The van der Waals surface area contributed by atoms with Crippen LogP contribution in [0.5, 0.6) is 0 Å². The molecule has 2 heterocycles. The number of nitrogens with zero attached hydrogens (tertiary/aromatic N) is 3. The van der Waals surface area contributed by atoms with E-state index in [4.69, 9.17) is 10.7 Å². The van der Waals surface area contributed by atoms with Gasteiger partial charge in [-0.2, -0.15) is 9.61 Å². The normalized spacial score (nSPS) is 24.1. The van der Waals surface area contributed by atoms with Crippen molar-refractivity contribution in [2.75, 3.05) is 5.32 Å². The van der Waals surface area contributed by atoms with E-state index in [0.29, 0.717) is 18.0 Å². The van der Waals surface area contributed by atoms with Gasteiger partial charge in [0.1, 0.15) is 5.82 Å². The van der Waals surface area contributed by atoms with Gasteiger partial charge in [0, 0.05) is 29.9 Å². The highest BCUT2D eigenvalue weighted by Gasteiger charge is 2.22. The van der Waals surface area contributed by atoms with Crippen molar-refractivity contribution in [3.63, 3.8) is 0 Å². The van der Waals surface area contributed by atoms with Crippen LogP contribution in [-0.2, 0) is 0 Å². The minimum Gasteiger partial charge on any atom is -0.367 e. The van der Waals surface area contributed by atoms with Crippen molar-refractivity contribution >= 4 is 11.5 Å². The van der Waals surface area contributed by atoms with Crippen LogP contribution in [0, 0.1) is 0 Å². The Morgan fingerprint density at radius 3 is 3.05 bits per heavy atom. The average Bonchev–Trinajstić information content (AvgIpc) is 3.06. The molecular weight excluding hydrogens is 250 g/mol. The van der Waals surface area contributed by atoms with Crippen molar-refractivity contribution in [1.29, 1.82) is 0 Å². The van der Waals surface area contributed by atoms with Gasteiger partial charge in [0.05, 0.1) is 6.20 Å². The van der Waals surface area contributed by atoms with Crippen LogP contribution in [0.1, 0.15) is 51.1 Å². The van der Waals surface area contributed by atoms with Gasteiger partial charge in [0.25, 0.3) is 0 Å². The maximum Gasteiger partial charge on any atom is 0.157 e. The van der Waals surface area contributed by atoms with Crippen LogP contribution in [0.25, 0.3) is 5.65 Å². The number of nitrogens with two attached hydrogens (primary N) is 1. The number of rotatable bonds is 4. The molecule has 2 aromatic rings. The second-order valence-corrected chi connectivity index (χ2v) is 5.89. The Labute approximate surface area is 119 Å². The molecule has 1 aliphatic rings. The average molecular weight is 273 g/mol. The highest BCUT2D eigenvalue weighted by molar-refractivity contribution is 5.50. The van der Waals surface area contributed by atoms with Crippen molar-refractivity contribution in [1.82, 2.24) is 14.6 Å². The first-order chi connectivity index (χ1) is 9.67. The number of nitrogens with one attached hydrogen (secondary N) is 1. The molecule has 1 saturated carbocycles. The van der Waals surface area contributed by atoms with Crippen LogP contribution in [-0.4, -0.2) is 26.7 Å². The van der Waals surface area contributed by atoms with Crippen molar-refractivity contribution in [2.24, 2.45) is 5.73 Å². The predicted octanol–water partition coefficient (Wildman–Crippen LogP) is 2.53. The highest BCUT2D eigenvalue weighted by Crippen LogP contribution is 2.25. The molecule has 1 fully saturated rings. The number of hydrogen-bond acceptors (Lipinski definition) is 4. The minimum atomic E-state index is 0.330. The van der Waals surface area contributed by atoms with E-state index in [1.165, 1.54) is 0 Å². The minimum absolute atomic E-state index is 0.330. The molecule has 1 aliphatic carbocycles. The molecule has 5 heteroatoms. The molecule has 0 radical (unpaired) electrons. The molecule has 0 amide bonds. The maximum absolute atomic E-state index is 6.00. The molecule has 0 aromatic carbocycles. The summed E-state index contributed by atoms with van der Waals surface area (Å²) in [5.41, 5.74) is 8.04. The fourth-order valence-corrected chi connectivity index (χ4v) is 2.85. The summed E-state index contributed by atoms with van der Waals surface area (Å²) < 4.78 is 1.88. The van der Waals surface area contributed by atoms with E-state index < -0.39 is 0 Å². The van der Waals surface area contributed by atoms with Crippen LogP contribution < -0.4 is 11.1 Å². The van der Waals surface area contributed by atoms with Gasteiger partial charge >= 0.3 is 0 Å². The number of anilines is 1. The van der Waals surface area contributed by atoms with Crippen molar-refractivity contribution in [3.8, 4) is 0 Å². The molecule has 20 heavy (non-hydrogen) atoms. The summed E-state index contributed by atoms with van der Waals surface area (Å²) in [6.45, 7) is 4.40. The standard InChI is InChI=1S/C15H23N5/c1-3-10(2)13-9-15(18-12-5-4-11(16)8-12)20-14(19-13)6-7-17-20/h6-7,9-12,18H,3-5,8,16H2,1-2H3/t10?,11-,12-/m1/s1. The van der Waals surface area contributed by atoms with Crippen LogP contribution in [0.15, 0.2) is 18.3 Å². The molecule has 108 valence electrons. The van der Waals surface area contributed by atoms with Gasteiger partial charge in [0.2, 0.25) is 0 Å². The summed E-state index contributed by atoms with van der Waals surface area (Å²) >= 11 is 0. The molecule has 5 nitrogen and oxygen atoms in total. The molecule has 0 spiro atoms. The zero-order valence-electron chi connectivity index (χ0n) is 12.2. The van der Waals surface area contributed by atoms with Gasteiger partial charge in [-0.25, -0.2) is 4.98 Å². The Bertz CT molecular complexity index is 591. The Hall–Kier alpha value is -1.62. The summed E-state index contributed by atoms with van der Waals surface area (Å²) in [5, 5.41) is 7.97. The predicted molar refractivity (Wildman–Crippen MR) is 80.9 cm³/mol. The first kappa shape index (κ1) is 13.4. The first-order valence-electron chi connectivity index (χ1n) is 7.54. The summed E-state index contributed by atoms with van der Waals surface area (Å²) in [4.78, 5) is 4.69. The number of fused-ring (bicyclic) bond motifs is 1. The Morgan fingerprint density at radius 2 is 2.35 bits per heavy atom. The summed E-state index contributed by atoms with van der Waals surface area (Å²) in [6.07, 6.45) is 6.15. The Kier molecular flexibility index (Phi) is 3.61. The lowest BCUT2D eigenvalue weighted by molar-refractivity contribution is 0.680. The molecule has 0 aliphatic heterocycles. The van der Waals surface area contributed by atoms with Crippen LogP contribution in [0.3, 0.4) is 0 Å². The van der Waals surface area contributed by atoms with E-state index in [2.05, 4.69) is 30.3 Å². The van der Waals surface area contributed by atoms with E-state index in [1.54, 1.807) is 6.20 Å². The van der Waals surface area contributed by atoms with Gasteiger partial charge in [-0.05, 0) is 31.6 Å². The smallest absolute Gasteiger partial charge is 0.157 e. The van der Waals surface area contributed by atoms with Crippen LogP contribution >= 0.6 is 0 Å². The molecule has 3 atom stereocenters. The van der Waals surface area contributed by atoms with Crippen molar-refractivity contribution in [2.45, 2.75) is 57.5 Å². The quantitative estimate of drug-likeness (QED) is 0.898. The molecule has 1 unspecified atom stereocenters. The van der Waals surface area contributed by atoms with E-state index in [-0.39, 0.29) is 0 Å². The zero-order valence-corrected chi connectivity index (χ0v) is 12.2. The number of hydrogen-bond donors (Lipinski definition) is 2.